The summed E-state index contributed by atoms with van der Waals surface area (Å²) in [7, 11) is 2.04. The van der Waals surface area contributed by atoms with Gasteiger partial charge in [-0.2, -0.15) is 4.57 Å². The molecule has 120 valence electrons. The first-order valence-electron chi connectivity index (χ1n) is 8.37. The summed E-state index contributed by atoms with van der Waals surface area (Å²) in [6.07, 6.45) is 5.66. The van der Waals surface area contributed by atoms with Crippen molar-refractivity contribution in [3.05, 3.63) is 72.7 Å². The van der Waals surface area contributed by atoms with Crippen LogP contribution in [0, 0.1) is 6.92 Å². The second-order valence-corrected chi connectivity index (χ2v) is 6.47. The zero-order valence-electron chi connectivity index (χ0n) is 14.2. The number of nitrogens with zero attached hydrogens (tertiary/aromatic N) is 2. The van der Waals surface area contributed by atoms with Gasteiger partial charge >= 0.3 is 0 Å². The summed E-state index contributed by atoms with van der Waals surface area (Å²) < 4.78 is 8.53. The van der Waals surface area contributed by atoms with Crippen LogP contribution in [0.25, 0.3) is 44.0 Å². The molecule has 3 aromatic carbocycles. The lowest BCUT2D eigenvalue weighted by molar-refractivity contribution is -0.660. The summed E-state index contributed by atoms with van der Waals surface area (Å²) in [6.45, 7) is 2.12. The summed E-state index contributed by atoms with van der Waals surface area (Å²) >= 11 is 0. The molecule has 5 aromatic rings. The highest BCUT2D eigenvalue weighted by atomic mass is 16.3. The van der Waals surface area contributed by atoms with E-state index in [4.69, 9.17) is 4.42 Å². The van der Waals surface area contributed by atoms with Gasteiger partial charge < -0.3 is 4.42 Å². The largest absolute Gasteiger partial charge is 0.454 e. The molecular weight excluding hydrogens is 308 g/mol. The summed E-state index contributed by atoms with van der Waals surface area (Å²) in [4.78, 5) is 4.31. The van der Waals surface area contributed by atoms with Crippen molar-refractivity contribution in [1.82, 2.24) is 4.98 Å². The fourth-order valence-electron chi connectivity index (χ4n) is 3.65. The first-order valence-corrected chi connectivity index (χ1v) is 8.37. The van der Waals surface area contributed by atoms with Crippen molar-refractivity contribution in [2.45, 2.75) is 6.92 Å². The average molecular weight is 325 g/mol. The minimum Gasteiger partial charge on any atom is -0.454 e. The molecule has 0 N–H and O–H groups in total. The zero-order chi connectivity index (χ0) is 17.0. The number of hydrogen-bond donors (Lipinski definition) is 0. The van der Waals surface area contributed by atoms with Crippen molar-refractivity contribution in [2.75, 3.05) is 0 Å². The molecule has 2 heterocycles. The summed E-state index contributed by atoms with van der Waals surface area (Å²) in [5.74, 6) is 0. The first-order chi connectivity index (χ1) is 12.2. The van der Waals surface area contributed by atoms with Gasteiger partial charge in [0.2, 0.25) is 5.69 Å². The van der Waals surface area contributed by atoms with Crippen molar-refractivity contribution in [1.29, 1.82) is 0 Å². The van der Waals surface area contributed by atoms with Crippen LogP contribution in [0.5, 0.6) is 0 Å². The van der Waals surface area contributed by atoms with Gasteiger partial charge in [0.05, 0.1) is 18.0 Å². The van der Waals surface area contributed by atoms with Crippen LogP contribution in [0.3, 0.4) is 0 Å². The van der Waals surface area contributed by atoms with E-state index in [0.717, 1.165) is 38.6 Å². The van der Waals surface area contributed by atoms with Crippen molar-refractivity contribution >= 4 is 32.7 Å². The Morgan fingerprint density at radius 3 is 2.56 bits per heavy atom. The molecule has 0 aliphatic rings. The number of rotatable bonds is 1. The van der Waals surface area contributed by atoms with Crippen molar-refractivity contribution in [3.63, 3.8) is 0 Å². The monoisotopic (exact) mass is 325 g/mol. The van der Waals surface area contributed by atoms with Crippen molar-refractivity contribution < 1.29 is 8.98 Å². The Morgan fingerprint density at radius 2 is 1.68 bits per heavy atom. The molecule has 3 nitrogen and oxygen atoms in total. The van der Waals surface area contributed by atoms with Crippen LogP contribution in [0.1, 0.15) is 5.56 Å². The smallest absolute Gasteiger partial charge is 0.234 e. The number of aryl methyl sites for hydroxylation is 2. The Hall–Kier alpha value is -3.20. The third-order valence-electron chi connectivity index (χ3n) is 4.95. The third kappa shape index (κ3) is 1.99. The third-order valence-corrected chi connectivity index (χ3v) is 4.95. The Kier molecular flexibility index (Phi) is 2.92. The van der Waals surface area contributed by atoms with Crippen LogP contribution < -0.4 is 4.57 Å². The maximum Gasteiger partial charge on any atom is 0.234 e. The maximum absolute atomic E-state index is 6.45. The van der Waals surface area contributed by atoms with E-state index in [1.807, 2.05) is 19.4 Å². The molecule has 0 aliphatic carbocycles. The molecule has 0 saturated heterocycles. The predicted octanol–water partition coefficient (Wildman–Crippen LogP) is 4.93. The molecule has 2 aromatic heterocycles. The second-order valence-electron chi connectivity index (χ2n) is 6.47. The molecule has 0 amide bonds. The lowest BCUT2D eigenvalue weighted by atomic mass is 10.0. The fraction of sp³-hybridized carbons (Fsp3) is 0.0909. The molecule has 0 radical (unpaired) electrons. The van der Waals surface area contributed by atoms with Gasteiger partial charge in [0.15, 0.2) is 6.20 Å². The molecule has 3 heteroatoms. The fourth-order valence-corrected chi connectivity index (χ4v) is 3.65. The van der Waals surface area contributed by atoms with Gasteiger partial charge in [-0.05, 0) is 23.9 Å². The molecule has 0 fully saturated rings. The van der Waals surface area contributed by atoms with Crippen LogP contribution in [-0.2, 0) is 7.05 Å². The summed E-state index contributed by atoms with van der Waals surface area (Å²) in [5.41, 5.74) is 5.21. The number of benzene rings is 3. The van der Waals surface area contributed by atoms with E-state index < -0.39 is 0 Å². The van der Waals surface area contributed by atoms with Gasteiger partial charge in [-0.25, -0.2) is 0 Å². The normalized spacial score (nSPS) is 11.6. The molecule has 0 saturated carbocycles. The first kappa shape index (κ1) is 14.2. The van der Waals surface area contributed by atoms with E-state index >= 15 is 0 Å². The molecule has 0 aliphatic heterocycles. The Morgan fingerprint density at radius 1 is 0.880 bits per heavy atom. The van der Waals surface area contributed by atoms with E-state index in [2.05, 4.69) is 65.0 Å². The number of hydrogen-bond acceptors (Lipinski definition) is 2. The number of furan rings is 1. The van der Waals surface area contributed by atoms with Crippen LogP contribution in [0.2, 0.25) is 0 Å². The molecule has 0 spiro atoms. The van der Waals surface area contributed by atoms with Crippen LogP contribution in [0.15, 0.2) is 71.5 Å². The van der Waals surface area contributed by atoms with Gasteiger partial charge in [0.1, 0.15) is 18.2 Å². The topological polar surface area (TPSA) is 29.9 Å². The molecule has 5 rings (SSSR count). The van der Waals surface area contributed by atoms with E-state index in [1.165, 1.54) is 10.9 Å². The number of fused-ring (bicyclic) bond motifs is 5. The minimum absolute atomic E-state index is 0.926. The standard InChI is InChI=1S/C22H17N2O/c1-14-7-9-18-17-10-8-15-5-3-4-6-16(15)21(17)25-22(18)20(14)19-13-23-11-12-24(19)2/h3-13H,1-2H3/q+1. The van der Waals surface area contributed by atoms with Gasteiger partial charge in [-0.3, -0.25) is 4.98 Å². The quantitative estimate of drug-likeness (QED) is 0.409. The highest BCUT2D eigenvalue weighted by Gasteiger charge is 2.21. The van der Waals surface area contributed by atoms with E-state index in [-0.39, 0.29) is 0 Å². The lowest BCUT2D eigenvalue weighted by Crippen LogP contribution is -2.30. The molecule has 25 heavy (non-hydrogen) atoms. The van der Waals surface area contributed by atoms with Crippen LogP contribution in [0.4, 0.5) is 0 Å². The van der Waals surface area contributed by atoms with Gasteiger partial charge in [-0.1, -0.05) is 42.5 Å². The van der Waals surface area contributed by atoms with E-state index in [9.17, 15) is 0 Å². The maximum atomic E-state index is 6.45. The Labute approximate surface area is 145 Å². The summed E-state index contributed by atoms with van der Waals surface area (Å²) in [6, 6.07) is 17.0. The average Bonchev–Trinajstić information content (AvgIpc) is 3.01. The number of aromatic nitrogens is 2. The SMILES string of the molecule is Cc1ccc2c(oc3c4ccccc4ccc23)c1-c1cncc[n+]1C. The van der Waals surface area contributed by atoms with Crippen molar-refractivity contribution in [3.8, 4) is 11.3 Å². The molecule has 0 bridgehead atoms. The van der Waals surface area contributed by atoms with Gasteiger partial charge in [0.25, 0.3) is 0 Å². The van der Waals surface area contributed by atoms with Crippen LogP contribution in [-0.4, -0.2) is 4.98 Å². The Balaban J connectivity index is 1.98. The predicted molar refractivity (Wildman–Crippen MR) is 100 cm³/mol. The lowest BCUT2D eigenvalue weighted by Gasteiger charge is -2.04. The summed E-state index contributed by atoms with van der Waals surface area (Å²) in [5, 5.41) is 4.64. The highest BCUT2D eigenvalue weighted by molar-refractivity contribution is 6.17. The Bertz CT molecular complexity index is 1270. The molecule has 0 atom stereocenters. The van der Waals surface area contributed by atoms with Gasteiger partial charge in [0, 0.05) is 16.2 Å². The van der Waals surface area contributed by atoms with Gasteiger partial charge in [-0.15, -0.1) is 0 Å². The highest BCUT2D eigenvalue weighted by Crippen LogP contribution is 2.39. The molecule has 0 unspecified atom stereocenters. The minimum atomic E-state index is 0.926. The van der Waals surface area contributed by atoms with Crippen molar-refractivity contribution in [2.24, 2.45) is 7.05 Å². The zero-order valence-corrected chi connectivity index (χ0v) is 14.2. The second kappa shape index (κ2) is 5.15. The van der Waals surface area contributed by atoms with Crippen LogP contribution >= 0.6 is 0 Å². The molecular formula is C22H17N2O+. The van der Waals surface area contributed by atoms with E-state index in [1.54, 1.807) is 6.20 Å². The van der Waals surface area contributed by atoms with E-state index in [0.29, 0.717) is 0 Å².